The number of phenols is 1. The smallest absolute Gasteiger partial charge is 0.145 e. The molecule has 2 aromatic heterocycles. The van der Waals surface area contributed by atoms with E-state index in [2.05, 4.69) is 198 Å². The maximum absolute atomic E-state index is 11.8. The SMILES string of the molecule is CC(C)(C)c1ccc(-n2c(-c3cccc(-c4cccc(-c5cc(C(C)(C)C)cc(C(C)(C)C)c5O)n4)c3)nc3ccccc32)c(-c2ccc3c(c2)C(C)(C)CCC3(C)C)c1. The summed E-state index contributed by atoms with van der Waals surface area (Å²) in [6.07, 6.45) is 2.35. The van der Waals surface area contributed by atoms with Crippen molar-refractivity contribution in [3.63, 3.8) is 0 Å². The van der Waals surface area contributed by atoms with Crippen LogP contribution in [0, 0.1) is 0 Å². The van der Waals surface area contributed by atoms with Crippen LogP contribution >= 0.6 is 0 Å². The molecule has 0 saturated carbocycles. The Morgan fingerprint density at radius 1 is 0.517 bits per heavy atom. The number of aromatic hydroxyl groups is 1. The predicted molar refractivity (Wildman–Crippen MR) is 254 cm³/mol. The van der Waals surface area contributed by atoms with Crippen molar-refractivity contribution in [1.82, 2.24) is 14.5 Å². The van der Waals surface area contributed by atoms with Crippen LogP contribution in [0.15, 0.2) is 115 Å². The first-order chi connectivity index (χ1) is 28.0. The lowest BCUT2D eigenvalue weighted by molar-refractivity contribution is 0.332. The summed E-state index contributed by atoms with van der Waals surface area (Å²) < 4.78 is 2.36. The summed E-state index contributed by atoms with van der Waals surface area (Å²) in [5.74, 6) is 1.17. The largest absolute Gasteiger partial charge is 0.507 e. The fourth-order valence-electron chi connectivity index (χ4n) is 9.05. The summed E-state index contributed by atoms with van der Waals surface area (Å²) in [4.78, 5) is 10.6. The molecule has 308 valence electrons. The van der Waals surface area contributed by atoms with Gasteiger partial charge in [-0.25, -0.2) is 9.97 Å². The maximum atomic E-state index is 11.8. The molecule has 0 bridgehead atoms. The molecule has 0 fully saturated rings. The van der Waals surface area contributed by atoms with Gasteiger partial charge < -0.3 is 5.11 Å². The molecule has 60 heavy (non-hydrogen) atoms. The lowest BCUT2D eigenvalue weighted by Gasteiger charge is -2.42. The number of para-hydroxylation sites is 2. The minimum Gasteiger partial charge on any atom is -0.507 e. The van der Waals surface area contributed by atoms with E-state index in [1.54, 1.807) is 0 Å². The van der Waals surface area contributed by atoms with Gasteiger partial charge in [0.05, 0.1) is 28.1 Å². The molecule has 0 saturated heterocycles. The molecular formula is C56H63N3O. The lowest BCUT2D eigenvalue weighted by atomic mass is 9.63. The van der Waals surface area contributed by atoms with Crippen LogP contribution in [-0.2, 0) is 27.1 Å². The van der Waals surface area contributed by atoms with E-state index in [4.69, 9.17) is 9.97 Å². The van der Waals surface area contributed by atoms with E-state index in [0.29, 0.717) is 5.75 Å². The highest BCUT2D eigenvalue weighted by atomic mass is 16.3. The Balaban J connectivity index is 1.30. The van der Waals surface area contributed by atoms with Gasteiger partial charge in [0.2, 0.25) is 0 Å². The zero-order chi connectivity index (χ0) is 43.2. The van der Waals surface area contributed by atoms with Crippen LogP contribution in [0.2, 0.25) is 0 Å². The molecule has 1 aliphatic carbocycles. The van der Waals surface area contributed by atoms with Crippen molar-refractivity contribution >= 4 is 11.0 Å². The summed E-state index contributed by atoms with van der Waals surface area (Å²) >= 11 is 0. The van der Waals surface area contributed by atoms with Crippen LogP contribution in [0.4, 0.5) is 0 Å². The fraction of sp³-hybridized carbons (Fsp3) is 0.357. The molecule has 0 atom stereocenters. The van der Waals surface area contributed by atoms with Crippen molar-refractivity contribution < 1.29 is 5.11 Å². The summed E-state index contributed by atoms with van der Waals surface area (Å²) in [7, 11) is 0. The zero-order valence-corrected chi connectivity index (χ0v) is 38.2. The van der Waals surface area contributed by atoms with Crippen LogP contribution < -0.4 is 0 Å². The molecule has 1 N–H and O–H groups in total. The van der Waals surface area contributed by atoms with E-state index in [-0.39, 0.29) is 27.1 Å². The number of nitrogens with zero attached hydrogens (tertiary/aromatic N) is 3. The number of fused-ring (bicyclic) bond motifs is 2. The Bertz CT molecular complexity index is 2780. The van der Waals surface area contributed by atoms with E-state index in [1.807, 2.05) is 12.1 Å². The molecule has 0 amide bonds. The molecule has 4 heteroatoms. The Kier molecular flexibility index (Phi) is 9.85. The monoisotopic (exact) mass is 793 g/mol. The summed E-state index contributed by atoms with van der Waals surface area (Å²) in [6.45, 7) is 29.6. The molecule has 0 unspecified atom stereocenters. The van der Waals surface area contributed by atoms with Gasteiger partial charge >= 0.3 is 0 Å². The van der Waals surface area contributed by atoms with Crippen LogP contribution in [0.25, 0.3) is 61.8 Å². The van der Waals surface area contributed by atoms with Gasteiger partial charge in [0.1, 0.15) is 11.6 Å². The standard InChI is InChI=1S/C56H63N3O/c1-52(2,3)38-25-27-48(40(32-38)35-24-26-42-43(31-35)56(12,13)29-28-55(42,10)11)59-49-23-15-14-20-47(49)58-51(59)37-19-16-18-36(30-37)45-21-17-22-46(57-45)41-33-39(53(4,5)6)34-44(50(41)60)54(7,8)9/h14-27,30-34,60H,28-29H2,1-13H3. The number of benzene rings is 5. The number of aromatic nitrogens is 3. The van der Waals surface area contributed by atoms with E-state index in [0.717, 1.165) is 62.6 Å². The molecule has 5 aromatic carbocycles. The first-order valence-electron chi connectivity index (χ1n) is 21.8. The summed E-state index contributed by atoms with van der Waals surface area (Å²) in [5.41, 5.74) is 16.0. The van der Waals surface area contributed by atoms with Gasteiger partial charge in [0.25, 0.3) is 0 Å². The van der Waals surface area contributed by atoms with Gasteiger partial charge in [-0.15, -0.1) is 0 Å². The van der Waals surface area contributed by atoms with Gasteiger partial charge in [0.15, 0.2) is 0 Å². The number of pyridine rings is 1. The van der Waals surface area contributed by atoms with Gasteiger partial charge in [-0.2, -0.15) is 0 Å². The van der Waals surface area contributed by atoms with Crippen molar-refractivity contribution in [3.05, 3.63) is 143 Å². The maximum Gasteiger partial charge on any atom is 0.145 e. The third-order valence-electron chi connectivity index (χ3n) is 13.1. The summed E-state index contributed by atoms with van der Waals surface area (Å²) in [5, 5.41) is 11.8. The fourth-order valence-corrected chi connectivity index (χ4v) is 9.05. The normalized spacial score (nSPS) is 15.3. The molecule has 4 nitrogen and oxygen atoms in total. The number of imidazole rings is 1. The third kappa shape index (κ3) is 7.48. The molecule has 8 rings (SSSR count). The second-order valence-electron chi connectivity index (χ2n) is 21.7. The lowest BCUT2D eigenvalue weighted by Crippen LogP contribution is -2.33. The number of phenolic OH excluding ortho intramolecular Hbond substituents is 1. The second kappa shape index (κ2) is 14.3. The topological polar surface area (TPSA) is 50.9 Å². The Hall–Kier alpha value is -5.48. The van der Waals surface area contributed by atoms with Crippen LogP contribution in [-0.4, -0.2) is 19.6 Å². The van der Waals surface area contributed by atoms with Gasteiger partial charge in [-0.05, 0) is 116 Å². The van der Waals surface area contributed by atoms with Crippen molar-refractivity contribution in [3.8, 4) is 56.5 Å². The van der Waals surface area contributed by atoms with Crippen LogP contribution in [0.5, 0.6) is 5.75 Å². The van der Waals surface area contributed by atoms with Crippen molar-refractivity contribution in [1.29, 1.82) is 0 Å². The van der Waals surface area contributed by atoms with E-state index < -0.39 is 0 Å². The van der Waals surface area contributed by atoms with Gasteiger partial charge in [0, 0.05) is 27.8 Å². The third-order valence-corrected chi connectivity index (χ3v) is 13.1. The molecule has 7 aromatic rings. The molecule has 1 aliphatic rings. The van der Waals surface area contributed by atoms with Gasteiger partial charge in [-0.3, -0.25) is 4.57 Å². The Labute approximate surface area is 358 Å². The van der Waals surface area contributed by atoms with E-state index >= 15 is 0 Å². The molecule has 0 spiro atoms. The molecule has 0 aliphatic heterocycles. The molecule has 2 heterocycles. The first-order valence-corrected chi connectivity index (χ1v) is 21.8. The highest BCUT2D eigenvalue weighted by Crippen LogP contribution is 2.48. The highest BCUT2D eigenvalue weighted by Gasteiger charge is 2.37. The number of hydrogen-bond donors (Lipinski definition) is 1. The Morgan fingerprint density at radius 2 is 1.15 bits per heavy atom. The van der Waals surface area contributed by atoms with E-state index in [9.17, 15) is 5.11 Å². The average molecular weight is 794 g/mol. The Morgan fingerprint density at radius 3 is 1.85 bits per heavy atom. The minimum absolute atomic E-state index is 0.0301. The van der Waals surface area contributed by atoms with Crippen molar-refractivity contribution in [2.45, 2.75) is 130 Å². The van der Waals surface area contributed by atoms with E-state index in [1.165, 1.54) is 39.8 Å². The van der Waals surface area contributed by atoms with Crippen LogP contribution in [0.1, 0.15) is 131 Å². The van der Waals surface area contributed by atoms with Gasteiger partial charge in [-0.1, -0.05) is 157 Å². The summed E-state index contributed by atoms with van der Waals surface area (Å²) in [6, 6.07) is 41.7. The first kappa shape index (κ1) is 41.3. The highest BCUT2D eigenvalue weighted by molar-refractivity contribution is 5.88. The number of rotatable bonds is 5. The quantitative estimate of drug-likeness (QED) is 0.189. The molecular weight excluding hydrogens is 731 g/mol. The predicted octanol–water partition coefficient (Wildman–Crippen LogP) is 15.0. The molecule has 0 radical (unpaired) electrons. The zero-order valence-electron chi connectivity index (χ0n) is 38.2. The second-order valence-corrected chi connectivity index (χ2v) is 21.7. The minimum atomic E-state index is -0.238. The average Bonchev–Trinajstić information content (AvgIpc) is 3.58. The van der Waals surface area contributed by atoms with Crippen LogP contribution in [0.3, 0.4) is 0 Å². The van der Waals surface area contributed by atoms with Crippen molar-refractivity contribution in [2.75, 3.05) is 0 Å². The van der Waals surface area contributed by atoms with Crippen molar-refractivity contribution in [2.24, 2.45) is 0 Å². The number of hydrogen-bond acceptors (Lipinski definition) is 3.